The van der Waals surface area contributed by atoms with Crippen molar-refractivity contribution in [3.63, 3.8) is 0 Å². The SMILES string of the molecule is CC(C)(C)C1CCc2c(sc(NC(=O)COc3cccc4ccccc34)c2C#N)C1. The second-order valence-electron chi connectivity index (χ2n) is 8.94. The number of ether oxygens (including phenoxy) is 1. The highest BCUT2D eigenvalue weighted by molar-refractivity contribution is 7.16. The lowest BCUT2D eigenvalue weighted by atomic mass is 9.72. The molecule has 30 heavy (non-hydrogen) atoms. The van der Waals surface area contributed by atoms with Gasteiger partial charge in [-0.3, -0.25) is 4.79 Å². The van der Waals surface area contributed by atoms with Gasteiger partial charge in [0, 0.05) is 10.3 Å². The molecule has 3 aromatic rings. The van der Waals surface area contributed by atoms with Crippen molar-refractivity contribution in [2.75, 3.05) is 11.9 Å². The third kappa shape index (κ3) is 4.06. The van der Waals surface area contributed by atoms with Crippen LogP contribution in [0.15, 0.2) is 42.5 Å². The Balaban J connectivity index is 1.47. The third-order valence-corrected chi connectivity index (χ3v) is 7.13. The summed E-state index contributed by atoms with van der Waals surface area (Å²) >= 11 is 1.55. The zero-order chi connectivity index (χ0) is 21.3. The van der Waals surface area contributed by atoms with Crippen LogP contribution in [-0.4, -0.2) is 12.5 Å². The summed E-state index contributed by atoms with van der Waals surface area (Å²) in [5.41, 5.74) is 1.98. The first-order valence-corrected chi connectivity index (χ1v) is 11.1. The number of nitrogens with zero attached hydrogens (tertiary/aromatic N) is 1. The zero-order valence-electron chi connectivity index (χ0n) is 17.6. The monoisotopic (exact) mass is 418 g/mol. The van der Waals surface area contributed by atoms with E-state index >= 15 is 0 Å². The fourth-order valence-electron chi connectivity index (χ4n) is 4.16. The van der Waals surface area contributed by atoms with E-state index < -0.39 is 0 Å². The average molecular weight is 419 g/mol. The molecule has 0 saturated heterocycles. The third-order valence-electron chi connectivity index (χ3n) is 5.96. The Bertz CT molecular complexity index is 1130. The summed E-state index contributed by atoms with van der Waals surface area (Å²) in [6.07, 6.45) is 2.96. The molecular weight excluding hydrogens is 392 g/mol. The molecule has 154 valence electrons. The van der Waals surface area contributed by atoms with Crippen molar-refractivity contribution in [2.45, 2.75) is 40.0 Å². The molecule has 0 bridgehead atoms. The summed E-state index contributed by atoms with van der Waals surface area (Å²) in [5.74, 6) is 1.03. The number of thiophene rings is 1. The lowest BCUT2D eigenvalue weighted by Crippen LogP contribution is -2.26. The molecule has 1 atom stereocenters. The topological polar surface area (TPSA) is 62.1 Å². The van der Waals surface area contributed by atoms with Crippen LogP contribution in [0.4, 0.5) is 5.00 Å². The van der Waals surface area contributed by atoms with Crippen molar-refractivity contribution in [3.8, 4) is 11.8 Å². The Labute approximate surface area is 181 Å². The minimum Gasteiger partial charge on any atom is -0.483 e. The number of hydrogen-bond donors (Lipinski definition) is 1. The van der Waals surface area contributed by atoms with Crippen molar-refractivity contribution in [2.24, 2.45) is 11.3 Å². The summed E-state index contributed by atoms with van der Waals surface area (Å²) < 4.78 is 5.80. The highest BCUT2D eigenvalue weighted by Crippen LogP contribution is 2.44. The van der Waals surface area contributed by atoms with E-state index in [4.69, 9.17) is 4.74 Å². The van der Waals surface area contributed by atoms with E-state index in [2.05, 4.69) is 32.2 Å². The zero-order valence-corrected chi connectivity index (χ0v) is 18.4. The molecule has 1 heterocycles. The molecule has 0 aliphatic heterocycles. The summed E-state index contributed by atoms with van der Waals surface area (Å²) in [6.45, 7) is 6.73. The summed E-state index contributed by atoms with van der Waals surface area (Å²) in [5, 5.41) is 15.3. The van der Waals surface area contributed by atoms with Gasteiger partial charge in [-0.05, 0) is 47.6 Å². The predicted molar refractivity (Wildman–Crippen MR) is 122 cm³/mol. The van der Waals surface area contributed by atoms with Crippen LogP contribution in [-0.2, 0) is 17.6 Å². The number of anilines is 1. The Morgan fingerprint density at radius 3 is 2.77 bits per heavy atom. The highest BCUT2D eigenvalue weighted by Gasteiger charge is 2.32. The first kappa shape index (κ1) is 20.4. The molecule has 0 radical (unpaired) electrons. The van der Waals surface area contributed by atoms with Crippen LogP contribution in [0.25, 0.3) is 10.8 Å². The van der Waals surface area contributed by atoms with Crippen molar-refractivity contribution < 1.29 is 9.53 Å². The number of amides is 1. The van der Waals surface area contributed by atoms with Crippen LogP contribution in [0.5, 0.6) is 5.75 Å². The molecule has 2 aromatic carbocycles. The van der Waals surface area contributed by atoms with Gasteiger partial charge < -0.3 is 10.1 Å². The molecular formula is C25H26N2O2S. The number of carbonyl (C=O) groups excluding carboxylic acids is 1. The molecule has 1 N–H and O–H groups in total. The van der Waals surface area contributed by atoms with Crippen molar-refractivity contribution >= 4 is 33.0 Å². The van der Waals surface area contributed by atoms with E-state index in [1.165, 1.54) is 4.88 Å². The molecule has 1 aliphatic rings. The van der Waals surface area contributed by atoms with Crippen LogP contribution >= 0.6 is 11.3 Å². The van der Waals surface area contributed by atoms with E-state index in [0.717, 1.165) is 35.6 Å². The molecule has 5 heteroatoms. The van der Waals surface area contributed by atoms with Crippen LogP contribution in [0, 0.1) is 22.7 Å². The van der Waals surface area contributed by atoms with Crippen LogP contribution in [0.3, 0.4) is 0 Å². The number of hydrogen-bond acceptors (Lipinski definition) is 4. The summed E-state index contributed by atoms with van der Waals surface area (Å²) in [7, 11) is 0. The van der Waals surface area contributed by atoms with Crippen LogP contribution in [0.2, 0.25) is 0 Å². The number of nitriles is 1. The standard InChI is InChI=1S/C25H26N2O2S/c1-25(2,3)17-11-12-19-20(14-26)24(30-22(19)13-17)27-23(28)15-29-21-10-6-8-16-7-4-5-9-18(16)21/h4-10,17H,11-13,15H2,1-3H3,(H,27,28). The average Bonchev–Trinajstić information content (AvgIpc) is 3.07. The second kappa shape index (κ2) is 8.12. The number of carbonyl (C=O) groups is 1. The fraction of sp³-hybridized carbons (Fsp3) is 0.360. The first-order valence-electron chi connectivity index (χ1n) is 10.3. The van der Waals surface area contributed by atoms with Gasteiger partial charge in [0.1, 0.15) is 16.8 Å². The van der Waals surface area contributed by atoms with E-state index in [-0.39, 0.29) is 17.9 Å². The molecule has 4 nitrogen and oxygen atoms in total. The number of fused-ring (bicyclic) bond motifs is 2. The maximum absolute atomic E-state index is 12.6. The van der Waals surface area contributed by atoms with E-state index in [0.29, 0.717) is 22.2 Å². The second-order valence-corrected chi connectivity index (χ2v) is 10.0. The molecule has 4 rings (SSSR count). The lowest BCUT2D eigenvalue weighted by molar-refractivity contribution is -0.118. The molecule has 1 aliphatic carbocycles. The van der Waals surface area contributed by atoms with Crippen molar-refractivity contribution in [1.82, 2.24) is 0 Å². The Morgan fingerprint density at radius 1 is 1.23 bits per heavy atom. The van der Waals surface area contributed by atoms with Gasteiger partial charge in [-0.15, -0.1) is 11.3 Å². The van der Waals surface area contributed by atoms with E-state index in [1.54, 1.807) is 11.3 Å². The smallest absolute Gasteiger partial charge is 0.262 e. The number of benzene rings is 2. The molecule has 0 saturated carbocycles. The summed E-state index contributed by atoms with van der Waals surface area (Å²) in [4.78, 5) is 13.8. The van der Waals surface area contributed by atoms with Crippen LogP contribution in [0.1, 0.15) is 43.2 Å². The molecule has 1 unspecified atom stereocenters. The maximum atomic E-state index is 12.6. The van der Waals surface area contributed by atoms with Crippen molar-refractivity contribution in [1.29, 1.82) is 5.26 Å². The predicted octanol–water partition coefficient (Wildman–Crippen LogP) is 5.94. The largest absolute Gasteiger partial charge is 0.483 e. The minimum absolute atomic E-state index is 0.0912. The maximum Gasteiger partial charge on any atom is 0.262 e. The van der Waals surface area contributed by atoms with Gasteiger partial charge in [-0.2, -0.15) is 5.26 Å². The number of nitrogens with one attached hydrogen (secondary N) is 1. The first-order chi connectivity index (χ1) is 14.4. The van der Waals surface area contributed by atoms with E-state index in [1.807, 2.05) is 42.5 Å². The van der Waals surface area contributed by atoms with Gasteiger partial charge in [-0.25, -0.2) is 0 Å². The van der Waals surface area contributed by atoms with Crippen molar-refractivity contribution in [3.05, 3.63) is 58.5 Å². The Hall–Kier alpha value is -2.84. The fourth-order valence-corrected chi connectivity index (χ4v) is 5.45. The quantitative estimate of drug-likeness (QED) is 0.570. The van der Waals surface area contributed by atoms with Gasteiger partial charge in [0.05, 0.1) is 5.56 Å². The van der Waals surface area contributed by atoms with Gasteiger partial charge in [0.25, 0.3) is 5.91 Å². The van der Waals surface area contributed by atoms with Crippen LogP contribution < -0.4 is 10.1 Å². The van der Waals surface area contributed by atoms with E-state index in [9.17, 15) is 10.1 Å². The lowest BCUT2D eigenvalue weighted by Gasteiger charge is -2.33. The summed E-state index contributed by atoms with van der Waals surface area (Å²) in [6, 6.07) is 16.0. The molecule has 0 fully saturated rings. The molecule has 1 aromatic heterocycles. The van der Waals surface area contributed by atoms with Gasteiger partial charge in [0.15, 0.2) is 6.61 Å². The minimum atomic E-state index is -0.245. The Morgan fingerprint density at radius 2 is 2.00 bits per heavy atom. The molecule has 0 spiro atoms. The normalized spacial score (nSPS) is 16.0. The van der Waals surface area contributed by atoms with Gasteiger partial charge in [0.2, 0.25) is 0 Å². The van der Waals surface area contributed by atoms with Gasteiger partial charge >= 0.3 is 0 Å². The van der Waals surface area contributed by atoms with Gasteiger partial charge in [-0.1, -0.05) is 57.2 Å². The Kier molecular flexibility index (Phi) is 5.53. The molecule has 1 amide bonds. The number of rotatable bonds is 4. The highest BCUT2D eigenvalue weighted by atomic mass is 32.1.